The van der Waals surface area contributed by atoms with E-state index in [0.29, 0.717) is 18.4 Å². The van der Waals surface area contributed by atoms with Gasteiger partial charge in [-0.3, -0.25) is 0 Å². The minimum absolute atomic E-state index is 0.198. The average molecular weight is 174 g/mol. The summed E-state index contributed by atoms with van der Waals surface area (Å²) in [5, 5.41) is 8.24. The third-order valence-electron chi connectivity index (χ3n) is 1.29. The van der Waals surface area contributed by atoms with Crippen molar-refractivity contribution in [3.8, 4) is 0 Å². The quantitative estimate of drug-likeness (QED) is 0.512. The molecule has 0 aliphatic carbocycles. The van der Waals surface area contributed by atoms with Crippen LogP contribution in [0.5, 0.6) is 0 Å². The van der Waals surface area contributed by atoms with Gasteiger partial charge in [0.05, 0.1) is 6.26 Å². The second-order valence-corrected chi connectivity index (χ2v) is 2.10. The molecule has 1 nitrogen and oxygen atoms in total. The van der Waals surface area contributed by atoms with Crippen LogP contribution in [0.2, 0.25) is 0 Å². The van der Waals surface area contributed by atoms with Gasteiger partial charge in [0.1, 0.15) is 5.82 Å². The Balaban J connectivity index is 3.23. The smallest absolute Gasteiger partial charge is 0.161 e. The average Bonchev–Trinajstić information content (AvgIpc) is 2.01. The molecular weight excluding hydrogens is 169 g/mol. The van der Waals surface area contributed by atoms with Gasteiger partial charge in [-0.1, -0.05) is 0 Å². The molecule has 0 saturated heterocycles. The molecule has 0 aliphatic rings. The third-order valence-corrected chi connectivity index (χ3v) is 1.29. The van der Waals surface area contributed by atoms with E-state index in [9.17, 15) is 13.2 Å². The first-order valence-electron chi connectivity index (χ1n) is 3.10. The van der Waals surface area contributed by atoms with Crippen LogP contribution >= 0.6 is 0 Å². The molecule has 0 amide bonds. The van der Waals surface area contributed by atoms with Crippen LogP contribution in [0.3, 0.4) is 0 Å². The number of aliphatic hydroxyl groups is 1. The summed E-state index contributed by atoms with van der Waals surface area (Å²) >= 11 is 0. The molecule has 0 aliphatic heterocycles. The number of hydrogen-bond donors (Lipinski definition) is 1. The van der Waals surface area contributed by atoms with Crippen molar-refractivity contribution in [3.05, 3.63) is 41.4 Å². The summed E-state index contributed by atoms with van der Waals surface area (Å²) in [6.07, 6.45) is 1.48. The summed E-state index contributed by atoms with van der Waals surface area (Å²) in [5.74, 6) is -3.31. The minimum Gasteiger partial charge on any atom is -0.516 e. The van der Waals surface area contributed by atoms with E-state index in [4.69, 9.17) is 5.11 Å². The van der Waals surface area contributed by atoms with Crippen molar-refractivity contribution in [3.63, 3.8) is 0 Å². The fourth-order valence-electron chi connectivity index (χ4n) is 0.746. The van der Waals surface area contributed by atoms with Crippen molar-refractivity contribution in [1.82, 2.24) is 0 Å². The van der Waals surface area contributed by atoms with E-state index < -0.39 is 17.5 Å². The van der Waals surface area contributed by atoms with Crippen molar-refractivity contribution < 1.29 is 18.3 Å². The minimum atomic E-state index is -1.25. The predicted molar refractivity (Wildman–Crippen MR) is 38.0 cm³/mol. The molecule has 1 N–H and O–H groups in total. The summed E-state index contributed by atoms with van der Waals surface area (Å²) in [5.41, 5.74) is -0.198. The van der Waals surface area contributed by atoms with Gasteiger partial charge in [0.25, 0.3) is 0 Å². The van der Waals surface area contributed by atoms with Crippen LogP contribution in [0.4, 0.5) is 13.2 Å². The van der Waals surface area contributed by atoms with E-state index in [2.05, 4.69) is 0 Å². The summed E-state index contributed by atoms with van der Waals surface area (Å²) < 4.78 is 37.4. The van der Waals surface area contributed by atoms with E-state index in [0.717, 1.165) is 6.08 Å². The van der Waals surface area contributed by atoms with E-state index in [1.54, 1.807) is 0 Å². The maximum atomic E-state index is 12.6. The zero-order chi connectivity index (χ0) is 9.14. The first kappa shape index (κ1) is 8.64. The molecule has 1 aromatic carbocycles. The molecule has 0 saturated carbocycles. The molecule has 12 heavy (non-hydrogen) atoms. The van der Waals surface area contributed by atoms with Gasteiger partial charge in [0, 0.05) is 11.6 Å². The Kier molecular flexibility index (Phi) is 2.38. The van der Waals surface area contributed by atoms with Gasteiger partial charge in [-0.15, -0.1) is 0 Å². The van der Waals surface area contributed by atoms with Gasteiger partial charge in [0.2, 0.25) is 0 Å². The maximum Gasteiger partial charge on any atom is 0.161 e. The van der Waals surface area contributed by atoms with Gasteiger partial charge < -0.3 is 5.11 Å². The normalized spacial score (nSPS) is 10.9. The highest BCUT2D eigenvalue weighted by atomic mass is 19.2. The maximum absolute atomic E-state index is 12.6. The van der Waals surface area contributed by atoms with E-state index in [-0.39, 0.29) is 5.56 Å². The van der Waals surface area contributed by atoms with Gasteiger partial charge in [0.15, 0.2) is 11.6 Å². The first-order valence-corrected chi connectivity index (χ1v) is 3.10. The molecule has 0 unspecified atom stereocenters. The fourth-order valence-corrected chi connectivity index (χ4v) is 0.746. The zero-order valence-corrected chi connectivity index (χ0v) is 5.89. The molecule has 0 heterocycles. The van der Waals surface area contributed by atoms with Crippen LogP contribution < -0.4 is 0 Å². The highest BCUT2D eigenvalue weighted by Gasteiger charge is 2.06. The molecule has 4 heteroatoms. The Morgan fingerprint density at radius 3 is 2.17 bits per heavy atom. The lowest BCUT2D eigenvalue weighted by atomic mass is 10.2. The number of aliphatic hydroxyl groups excluding tert-OH is 1. The standard InChI is InChI=1S/C8H5F3O/c9-6-4-8(11)7(10)3-5(6)1-2-12/h1-4,12H. The van der Waals surface area contributed by atoms with Crippen molar-refractivity contribution in [2.24, 2.45) is 0 Å². The Labute approximate surface area is 66.8 Å². The van der Waals surface area contributed by atoms with Crippen molar-refractivity contribution in [1.29, 1.82) is 0 Å². The molecule has 1 rings (SSSR count). The second-order valence-electron chi connectivity index (χ2n) is 2.10. The molecule has 0 spiro atoms. The molecular formula is C8H5F3O. The van der Waals surface area contributed by atoms with Crippen LogP contribution in [0.1, 0.15) is 5.56 Å². The highest BCUT2D eigenvalue weighted by molar-refractivity contribution is 5.48. The number of rotatable bonds is 1. The van der Waals surface area contributed by atoms with Gasteiger partial charge in [-0.05, 0) is 12.1 Å². The van der Waals surface area contributed by atoms with Crippen LogP contribution in [-0.2, 0) is 0 Å². The largest absolute Gasteiger partial charge is 0.516 e. The Hall–Kier alpha value is -1.45. The van der Waals surface area contributed by atoms with Crippen LogP contribution in [-0.4, -0.2) is 5.11 Å². The summed E-state index contributed by atoms with van der Waals surface area (Å²) in [7, 11) is 0. The van der Waals surface area contributed by atoms with Gasteiger partial charge in [-0.2, -0.15) is 0 Å². The van der Waals surface area contributed by atoms with Gasteiger partial charge in [-0.25, -0.2) is 13.2 Å². The SMILES string of the molecule is OC=Cc1cc(F)c(F)cc1F. The molecule has 1 aromatic rings. The second kappa shape index (κ2) is 3.30. The van der Waals surface area contributed by atoms with Crippen molar-refractivity contribution in [2.45, 2.75) is 0 Å². The molecule has 0 aromatic heterocycles. The number of halogens is 3. The lowest BCUT2D eigenvalue weighted by Gasteiger charge is -1.97. The van der Waals surface area contributed by atoms with Crippen LogP contribution in [0, 0.1) is 17.5 Å². The molecule has 0 radical (unpaired) electrons. The first-order chi connectivity index (χ1) is 5.65. The Bertz CT molecular complexity index is 320. The Morgan fingerprint density at radius 1 is 1.00 bits per heavy atom. The van der Waals surface area contributed by atoms with E-state index in [1.165, 1.54) is 0 Å². The highest BCUT2D eigenvalue weighted by Crippen LogP contribution is 2.14. The fraction of sp³-hybridized carbons (Fsp3) is 0. The van der Waals surface area contributed by atoms with Crippen molar-refractivity contribution >= 4 is 6.08 Å². The molecule has 0 bridgehead atoms. The van der Waals surface area contributed by atoms with Crippen molar-refractivity contribution in [2.75, 3.05) is 0 Å². The molecule has 0 atom stereocenters. The monoisotopic (exact) mass is 174 g/mol. The Morgan fingerprint density at radius 2 is 1.58 bits per heavy atom. The van der Waals surface area contributed by atoms with Crippen LogP contribution in [0.15, 0.2) is 18.4 Å². The topological polar surface area (TPSA) is 20.2 Å². The van der Waals surface area contributed by atoms with E-state index >= 15 is 0 Å². The summed E-state index contributed by atoms with van der Waals surface area (Å²) in [4.78, 5) is 0. The number of hydrogen-bond acceptors (Lipinski definition) is 1. The lowest BCUT2D eigenvalue weighted by molar-refractivity contribution is 0.476. The zero-order valence-electron chi connectivity index (χ0n) is 5.89. The van der Waals surface area contributed by atoms with Crippen LogP contribution in [0.25, 0.3) is 6.08 Å². The van der Waals surface area contributed by atoms with Gasteiger partial charge >= 0.3 is 0 Å². The van der Waals surface area contributed by atoms with E-state index in [1.807, 2.05) is 0 Å². The predicted octanol–water partition coefficient (Wildman–Crippen LogP) is 2.63. The third kappa shape index (κ3) is 1.58. The lowest BCUT2D eigenvalue weighted by Crippen LogP contribution is -1.89. The summed E-state index contributed by atoms with van der Waals surface area (Å²) in [6, 6.07) is 1.09. The molecule has 64 valence electrons. The summed E-state index contributed by atoms with van der Waals surface area (Å²) in [6.45, 7) is 0. The number of benzene rings is 1. The molecule has 0 fully saturated rings.